The molecule has 0 saturated carbocycles. The van der Waals surface area contributed by atoms with Crippen LogP contribution in [0.1, 0.15) is 19.3 Å². The molecule has 0 unspecified atom stereocenters. The summed E-state index contributed by atoms with van der Waals surface area (Å²) in [4.78, 5) is 0. The summed E-state index contributed by atoms with van der Waals surface area (Å²) in [6, 6.07) is 0. The Morgan fingerprint density at radius 2 is 2.17 bits per heavy atom. The second kappa shape index (κ2) is 8.28. The van der Waals surface area contributed by atoms with Crippen LogP contribution in [-0.4, -0.2) is 0 Å². The number of allylic oxidation sites excluding steroid dienone is 5. The molecule has 0 radical (unpaired) electrons. The van der Waals surface area contributed by atoms with Gasteiger partial charge < -0.3 is 0 Å². The van der Waals surface area contributed by atoms with Crippen LogP contribution in [0.3, 0.4) is 0 Å². The number of rotatable bonds is 3. The van der Waals surface area contributed by atoms with Crippen molar-refractivity contribution in [2.75, 3.05) is 0 Å². The van der Waals surface area contributed by atoms with Crippen LogP contribution in [0.5, 0.6) is 0 Å². The van der Waals surface area contributed by atoms with Gasteiger partial charge in [-0.25, -0.2) is 0 Å². The Bertz CT molecular complexity index is 195. The summed E-state index contributed by atoms with van der Waals surface area (Å²) in [5, 5.41) is 0. The molecule has 0 spiro atoms. The molecule has 0 atom stereocenters. The minimum atomic E-state index is 0. The SMILES string of the molecule is C=CCCC1=[C]([Hf])CC=C1.Cl.Cl. The van der Waals surface area contributed by atoms with Gasteiger partial charge in [0.15, 0.2) is 0 Å². The van der Waals surface area contributed by atoms with Crippen molar-refractivity contribution in [3.8, 4) is 0 Å². The fourth-order valence-electron chi connectivity index (χ4n) is 1.04. The first-order chi connectivity index (χ1) is 4.84. The zero-order valence-corrected chi connectivity index (χ0v) is 12.1. The maximum Gasteiger partial charge on any atom is -0.147 e. The van der Waals surface area contributed by atoms with Crippen LogP contribution in [0.15, 0.2) is 33.7 Å². The Kier molecular flexibility index (Phi) is 10.5. The van der Waals surface area contributed by atoms with Gasteiger partial charge in [-0.05, 0) is 0 Å². The van der Waals surface area contributed by atoms with Crippen molar-refractivity contribution in [1.29, 1.82) is 0 Å². The molecule has 0 fully saturated rings. The summed E-state index contributed by atoms with van der Waals surface area (Å²) in [6.07, 6.45) is 10.1. The molecule has 0 saturated heterocycles. The zero-order chi connectivity index (χ0) is 7.40. The fraction of sp³-hybridized carbons (Fsp3) is 0.333. The summed E-state index contributed by atoms with van der Waals surface area (Å²) in [5.74, 6) is 0. The fourth-order valence-corrected chi connectivity index (χ4v) is 2.21. The summed E-state index contributed by atoms with van der Waals surface area (Å²) >= 11 is 1.24. The minimum Gasteiger partial charge on any atom is -0.147 e. The van der Waals surface area contributed by atoms with Gasteiger partial charge >= 0.3 is 77.3 Å². The topological polar surface area (TPSA) is 0 Å². The standard InChI is InChI=1S/C9H11.2ClH.Hf/c1-2-3-6-9-7-4-5-8-9;;;/h2,4,7H,1,3,5-6H2;2*1H;. The molecular weight excluding hydrogens is 357 g/mol. The molecule has 1 aliphatic carbocycles. The zero-order valence-electron chi connectivity index (χ0n) is 6.88. The normalized spacial score (nSPS) is 13.6. The van der Waals surface area contributed by atoms with E-state index in [4.69, 9.17) is 0 Å². The Morgan fingerprint density at radius 1 is 1.50 bits per heavy atom. The van der Waals surface area contributed by atoms with E-state index >= 15 is 0 Å². The Labute approximate surface area is 102 Å². The van der Waals surface area contributed by atoms with Crippen molar-refractivity contribution < 1.29 is 24.4 Å². The van der Waals surface area contributed by atoms with Crippen molar-refractivity contribution in [3.63, 3.8) is 0 Å². The van der Waals surface area contributed by atoms with Crippen molar-refractivity contribution in [3.05, 3.63) is 33.7 Å². The van der Waals surface area contributed by atoms with E-state index in [-0.39, 0.29) is 24.8 Å². The van der Waals surface area contributed by atoms with E-state index in [0.717, 1.165) is 6.42 Å². The predicted octanol–water partition coefficient (Wildman–Crippen LogP) is 3.56. The molecular formula is C9H13Cl2Hf. The van der Waals surface area contributed by atoms with Crippen molar-refractivity contribution in [2.45, 2.75) is 19.3 Å². The molecule has 0 aromatic heterocycles. The molecule has 0 bridgehead atoms. The summed E-state index contributed by atoms with van der Waals surface area (Å²) < 4.78 is 1.67. The van der Waals surface area contributed by atoms with Gasteiger partial charge in [0.25, 0.3) is 0 Å². The average molecular weight is 371 g/mol. The number of hydrogen-bond donors (Lipinski definition) is 0. The molecule has 1 aliphatic rings. The predicted molar refractivity (Wildman–Crippen MR) is 54.7 cm³/mol. The van der Waals surface area contributed by atoms with Gasteiger partial charge in [0.1, 0.15) is 0 Å². The quantitative estimate of drug-likeness (QED) is 0.526. The van der Waals surface area contributed by atoms with Crippen molar-refractivity contribution in [2.24, 2.45) is 0 Å². The molecule has 3 heteroatoms. The van der Waals surface area contributed by atoms with Crippen LogP contribution in [0, 0.1) is 0 Å². The largest absolute Gasteiger partial charge is 0.147 e. The van der Waals surface area contributed by atoms with Crippen LogP contribution in [0.25, 0.3) is 0 Å². The molecule has 0 aromatic carbocycles. The maximum absolute atomic E-state index is 3.71. The van der Waals surface area contributed by atoms with E-state index in [0.29, 0.717) is 0 Å². The van der Waals surface area contributed by atoms with Gasteiger partial charge in [-0.15, -0.1) is 24.8 Å². The van der Waals surface area contributed by atoms with Crippen LogP contribution in [-0.2, 0) is 24.4 Å². The smallest absolute Gasteiger partial charge is 0.147 e. The second-order valence-electron chi connectivity index (χ2n) is 2.44. The van der Waals surface area contributed by atoms with Crippen molar-refractivity contribution in [1.82, 2.24) is 0 Å². The summed E-state index contributed by atoms with van der Waals surface area (Å²) in [5.41, 5.74) is 1.58. The van der Waals surface area contributed by atoms with E-state index in [2.05, 4.69) is 18.7 Å². The van der Waals surface area contributed by atoms with E-state index in [1.54, 1.807) is 8.90 Å². The Balaban J connectivity index is 0. The maximum atomic E-state index is 3.71. The van der Waals surface area contributed by atoms with Gasteiger partial charge in [-0.3, -0.25) is 0 Å². The van der Waals surface area contributed by atoms with Gasteiger partial charge in [0, 0.05) is 0 Å². The van der Waals surface area contributed by atoms with Gasteiger partial charge in [-0.2, -0.15) is 0 Å². The minimum absolute atomic E-state index is 0. The molecule has 0 nitrogen and oxygen atoms in total. The Morgan fingerprint density at radius 3 is 2.58 bits per heavy atom. The number of halogens is 2. The molecule has 0 heterocycles. The molecule has 12 heavy (non-hydrogen) atoms. The molecule has 0 N–H and O–H groups in total. The average Bonchev–Trinajstić information content (AvgIpc) is 2.31. The first kappa shape index (κ1) is 15.2. The summed E-state index contributed by atoms with van der Waals surface area (Å²) in [6.45, 7) is 3.71. The van der Waals surface area contributed by atoms with Crippen LogP contribution in [0.4, 0.5) is 0 Å². The van der Waals surface area contributed by atoms with Crippen LogP contribution >= 0.6 is 24.8 Å². The second-order valence-corrected chi connectivity index (χ2v) is 4.61. The number of hydrogen-bond acceptors (Lipinski definition) is 0. The summed E-state index contributed by atoms with van der Waals surface area (Å²) in [7, 11) is 0. The molecule has 67 valence electrons. The molecule has 1 rings (SSSR count). The van der Waals surface area contributed by atoms with Gasteiger partial charge in [0.2, 0.25) is 0 Å². The van der Waals surface area contributed by atoms with E-state index in [1.165, 1.54) is 37.2 Å². The van der Waals surface area contributed by atoms with E-state index in [1.807, 2.05) is 6.08 Å². The Hall–Kier alpha value is 0.670. The van der Waals surface area contributed by atoms with Gasteiger partial charge in [0.05, 0.1) is 0 Å². The third-order valence-electron chi connectivity index (χ3n) is 1.65. The molecule has 0 amide bonds. The monoisotopic (exact) mass is 371 g/mol. The first-order valence-electron chi connectivity index (χ1n) is 3.55. The molecule has 0 aromatic rings. The van der Waals surface area contributed by atoms with Crippen molar-refractivity contribution >= 4 is 24.8 Å². The third-order valence-corrected chi connectivity index (χ3v) is 3.53. The molecule has 0 aliphatic heterocycles. The van der Waals surface area contributed by atoms with E-state index in [9.17, 15) is 0 Å². The first-order valence-corrected chi connectivity index (χ1v) is 5.35. The van der Waals surface area contributed by atoms with Gasteiger partial charge in [-0.1, -0.05) is 0 Å². The van der Waals surface area contributed by atoms with Crippen LogP contribution in [0.2, 0.25) is 0 Å². The van der Waals surface area contributed by atoms with E-state index < -0.39 is 0 Å². The third kappa shape index (κ3) is 4.64. The van der Waals surface area contributed by atoms with Crippen LogP contribution < -0.4 is 0 Å².